The molecule has 3 nitrogen and oxygen atoms in total. The Hall–Kier alpha value is -1.11. The zero-order valence-corrected chi connectivity index (χ0v) is 10.4. The number of carbonyl (C=O) groups excluding carboxylic acids is 1. The summed E-state index contributed by atoms with van der Waals surface area (Å²) in [6.45, 7) is 0. The quantitative estimate of drug-likeness (QED) is 0.634. The molecule has 0 aromatic carbocycles. The fourth-order valence-electron chi connectivity index (χ4n) is 1.25. The maximum atomic E-state index is 13.7. The molecule has 0 saturated carbocycles. The topological polar surface area (TPSA) is 39.2 Å². The van der Waals surface area contributed by atoms with Crippen molar-refractivity contribution < 1.29 is 22.7 Å². The van der Waals surface area contributed by atoms with Crippen LogP contribution in [0.4, 0.5) is 13.2 Å². The van der Waals surface area contributed by atoms with E-state index in [1.807, 2.05) is 0 Å². The smallest absolute Gasteiger partial charge is 0.310 e. The predicted molar refractivity (Wildman–Crippen MR) is 57.5 cm³/mol. The van der Waals surface area contributed by atoms with Crippen molar-refractivity contribution >= 4 is 21.9 Å². The molecule has 0 bridgehead atoms. The molecule has 17 heavy (non-hydrogen) atoms. The number of rotatable bonds is 4. The Bertz CT molecular complexity index is 426. The summed E-state index contributed by atoms with van der Waals surface area (Å²) in [7, 11) is 1.14. The van der Waals surface area contributed by atoms with Crippen molar-refractivity contribution in [1.82, 2.24) is 4.98 Å². The van der Waals surface area contributed by atoms with Crippen LogP contribution in [0.15, 0.2) is 6.20 Å². The lowest BCUT2D eigenvalue weighted by atomic mass is 10.1. The third-order valence-corrected chi connectivity index (χ3v) is 2.67. The van der Waals surface area contributed by atoms with E-state index in [2.05, 4.69) is 25.7 Å². The molecule has 0 aliphatic rings. The van der Waals surface area contributed by atoms with Crippen LogP contribution in [0.25, 0.3) is 0 Å². The molecule has 1 aromatic rings. The van der Waals surface area contributed by atoms with Crippen molar-refractivity contribution in [2.75, 3.05) is 7.11 Å². The van der Waals surface area contributed by atoms with Gasteiger partial charge in [0, 0.05) is 17.1 Å². The molecule has 7 heteroatoms. The molecule has 0 unspecified atom stereocenters. The van der Waals surface area contributed by atoms with E-state index in [1.54, 1.807) is 0 Å². The number of methoxy groups -OCH3 is 1. The Balaban J connectivity index is 3.22. The average Bonchev–Trinajstić information content (AvgIpc) is 2.30. The second kappa shape index (κ2) is 6.00. The van der Waals surface area contributed by atoms with E-state index in [9.17, 15) is 18.0 Å². The van der Waals surface area contributed by atoms with Gasteiger partial charge in [-0.25, -0.2) is 13.2 Å². The fraction of sp³-hybridized carbons (Fsp3) is 0.400. The van der Waals surface area contributed by atoms with E-state index in [0.29, 0.717) is 0 Å². The number of ether oxygens (including phenoxy) is 1. The summed E-state index contributed by atoms with van der Waals surface area (Å²) in [4.78, 5) is 14.8. The van der Waals surface area contributed by atoms with Crippen LogP contribution in [0.1, 0.15) is 23.2 Å². The van der Waals surface area contributed by atoms with Gasteiger partial charge in [0.2, 0.25) is 0 Å². The molecule has 0 aliphatic carbocycles. The van der Waals surface area contributed by atoms with E-state index >= 15 is 0 Å². The molecule has 0 radical (unpaired) electrons. The van der Waals surface area contributed by atoms with Gasteiger partial charge in [0.15, 0.2) is 0 Å². The summed E-state index contributed by atoms with van der Waals surface area (Å²) >= 11 is 3.05. The summed E-state index contributed by atoms with van der Waals surface area (Å²) in [5.41, 5.74) is -0.766. The highest BCUT2D eigenvalue weighted by Gasteiger charge is 2.22. The SMILES string of the molecule is COC(=O)Cc1c(CBr)ncc(C(F)F)c1F. The van der Waals surface area contributed by atoms with Gasteiger partial charge in [-0.1, -0.05) is 15.9 Å². The first-order valence-electron chi connectivity index (χ1n) is 4.58. The Labute approximate surface area is 104 Å². The van der Waals surface area contributed by atoms with Crippen LogP contribution in [0.2, 0.25) is 0 Å². The first-order chi connectivity index (χ1) is 8.01. The zero-order valence-electron chi connectivity index (χ0n) is 8.84. The van der Waals surface area contributed by atoms with Crippen molar-refractivity contribution in [1.29, 1.82) is 0 Å². The summed E-state index contributed by atoms with van der Waals surface area (Å²) < 4.78 is 43.0. The highest BCUT2D eigenvalue weighted by molar-refractivity contribution is 9.08. The molecule has 1 heterocycles. The maximum Gasteiger partial charge on any atom is 0.310 e. The largest absolute Gasteiger partial charge is 0.469 e. The molecule has 0 spiro atoms. The minimum Gasteiger partial charge on any atom is -0.469 e. The third kappa shape index (κ3) is 3.18. The molecule has 1 aromatic heterocycles. The Morgan fingerprint density at radius 1 is 1.59 bits per heavy atom. The van der Waals surface area contributed by atoms with Crippen LogP contribution in [-0.2, 0) is 21.3 Å². The molecule has 0 amide bonds. The highest BCUT2D eigenvalue weighted by atomic mass is 79.9. The molecule has 0 N–H and O–H groups in total. The minimum atomic E-state index is -2.97. The Morgan fingerprint density at radius 2 is 2.24 bits per heavy atom. The summed E-state index contributed by atoms with van der Waals surface area (Å²) in [5, 5.41) is 0.166. The lowest BCUT2D eigenvalue weighted by Gasteiger charge is -2.10. The predicted octanol–water partition coefficient (Wildman–Crippen LogP) is 2.77. The number of esters is 1. The van der Waals surface area contributed by atoms with Gasteiger partial charge in [-0.2, -0.15) is 0 Å². The second-order valence-corrected chi connectivity index (χ2v) is 3.70. The lowest BCUT2D eigenvalue weighted by molar-refractivity contribution is -0.139. The summed E-state index contributed by atoms with van der Waals surface area (Å²) in [6.07, 6.45) is -2.61. The highest BCUT2D eigenvalue weighted by Crippen LogP contribution is 2.26. The minimum absolute atomic E-state index is 0.161. The van der Waals surface area contributed by atoms with E-state index in [0.717, 1.165) is 13.3 Å². The first kappa shape index (κ1) is 14.0. The molecular weight excluding hydrogens is 303 g/mol. The number of carbonyl (C=O) groups is 1. The third-order valence-electron chi connectivity index (χ3n) is 2.14. The number of alkyl halides is 3. The van der Waals surface area contributed by atoms with E-state index < -0.39 is 30.2 Å². The molecule has 1 rings (SSSR count). The van der Waals surface area contributed by atoms with Crippen LogP contribution in [0, 0.1) is 5.82 Å². The van der Waals surface area contributed by atoms with Gasteiger partial charge in [-0.15, -0.1) is 0 Å². The number of hydrogen-bond acceptors (Lipinski definition) is 3. The van der Waals surface area contributed by atoms with Crippen LogP contribution in [0.5, 0.6) is 0 Å². The van der Waals surface area contributed by atoms with Crippen molar-refractivity contribution in [3.8, 4) is 0 Å². The number of pyridine rings is 1. The van der Waals surface area contributed by atoms with Gasteiger partial charge >= 0.3 is 5.97 Å². The second-order valence-electron chi connectivity index (χ2n) is 3.14. The number of nitrogens with zero attached hydrogens (tertiary/aromatic N) is 1. The van der Waals surface area contributed by atoms with E-state index in [4.69, 9.17) is 0 Å². The number of halogens is 4. The van der Waals surface area contributed by atoms with Gasteiger partial charge in [0.1, 0.15) is 5.82 Å². The molecule has 0 aliphatic heterocycles. The molecule has 0 atom stereocenters. The molecular formula is C10H9BrF3NO2. The number of aromatic nitrogens is 1. The summed E-state index contributed by atoms with van der Waals surface area (Å²) in [6, 6.07) is 0. The monoisotopic (exact) mass is 311 g/mol. The first-order valence-corrected chi connectivity index (χ1v) is 5.70. The Kier molecular flexibility index (Phi) is 4.92. The van der Waals surface area contributed by atoms with Gasteiger partial charge in [-0.05, 0) is 0 Å². The van der Waals surface area contributed by atoms with Gasteiger partial charge < -0.3 is 4.74 Å². The van der Waals surface area contributed by atoms with Crippen molar-refractivity contribution in [2.45, 2.75) is 18.2 Å². The van der Waals surface area contributed by atoms with E-state index in [-0.39, 0.29) is 16.6 Å². The maximum absolute atomic E-state index is 13.7. The molecule has 94 valence electrons. The van der Waals surface area contributed by atoms with Crippen molar-refractivity contribution in [3.05, 3.63) is 28.8 Å². The zero-order chi connectivity index (χ0) is 13.0. The number of hydrogen-bond donors (Lipinski definition) is 0. The van der Waals surface area contributed by atoms with Gasteiger partial charge in [0.25, 0.3) is 6.43 Å². The van der Waals surface area contributed by atoms with Crippen molar-refractivity contribution in [3.63, 3.8) is 0 Å². The van der Waals surface area contributed by atoms with E-state index in [1.165, 1.54) is 0 Å². The molecule has 0 saturated heterocycles. The van der Waals surface area contributed by atoms with Gasteiger partial charge in [-0.3, -0.25) is 9.78 Å². The normalized spacial score (nSPS) is 10.7. The van der Waals surface area contributed by atoms with Crippen LogP contribution < -0.4 is 0 Å². The van der Waals surface area contributed by atoms with Crippen LogP contribution in [0.3, 0.4) is 0 Å². The summed E-state index contributed by atoms with van der Waals surface area (Å²) in [5.74, 6) is -1.81. The van der Waals surface area contributed by atoms with Gasteiger partial charge in [0.05, 0.1) is 24.8 Å². The fourth-order valence-corrected chi connectivity index (χ4v) is 1.73. The Morgan fingerprint density at radius 3 is 2.71 bits per heavy atom. The standard InChI is InChI=1S/C10H9BrF3NO2/c1-17-8(16)2-5-7(3-11)15-4-6(9(5)12)10(13)14/h4,10H,2-3H2,1H3. The average molecular weight is 312 g/mol. The van der Waals surface area contributed by atoms with Crippen LogP contribution >= 0.6 is 15.9 Å². The lowest BCUT2D eigenvalue weighted by Crippen LogP contribution is -2.11. The van der Waals surface area contributed by atoms with Crippen LogP contribution in [-0.4, -0.2) is 18.1 Å². The molecule has 0 fully saturated rings. The van der Waals surface area contributed by atoms with Crippen molar-refractivity contribution in [2.24, 2.45) is 0 Å².